The van der Waals surface area contributed by atoms with Gasteiger partial charge in [0.2, 0.25) is 11.8 Å². The van der Waals surface area contributed by atoms with Crippen molar-refractivity contribution in [2.24, 2.45) is 23.7 Å². The Balaban J connectivity index is 0.000000541. The lowest BCUT2D eigenvalue weighted by Crippen LogP contribution is -2.41. The topological polar surface area (TPSA) is 102 Å². The van der Waals surface area contributed by atoms with Crippen molar-refractivity contribution in [1.29, 1.82) is 0 Å². The van der Waals surface area contributed by atoms with Gasteiger partial charge in [0, 0.05) is 36.3 Å². The van der Waals surface area contributed by atoms with E-state index in [1.165, 1.54) is 77.3 Å². The van der Waals surface area contributed by atoms with Crippen LogP contribution in [0.2, 0.25) is 0 Å². The number of benzene rings is 2. The number of halogens is 3. The summed E-state index contributed by atoms with van der Waals surface area (Å²) in [6.45, 7) is 2.42. The molecule has 2 unspecified atom stereocenters. The van der Waals surface area contributed by atoms with Gasteiger partial charge in [0.15, 0.2) is 0 Å². The largest absolute Gasteiger partial charge is 0.490 e. The van der Waals surface area contributed by atoms with Gasteiger partial charge in [-0.2, -0.15) is 13.2 Å². The Hall–Kier alpha value is -3.44. The number of alkyl halides is 3. The number of hydrogen-bond acceptors (Lipinski definition) is 5. The van der Waals surface area contributed by atoms with Gasteiger partial charge >= 0.3 is 12.1 Å². The highest BCUT2D eigenvalue weighted by atomic mass is 19.4. The van der Waals surface area contributed by atoms with Crippen LogP contribution in [0.4, 0.5) is 13.2 Å². The van der Waals surface area contributed by atoms with Crippen molar-refractivity contribution in [3.63, 3.8) is 0 Å². The highest BCUT2D eigenvalue weighted by Crippen LogP contribution is 2.54. The highest BCUT2D eigenvalue weighted by Gasteiger charge is 2.49. The van der Waals surface area contributed by atoms with Crippen molar-refractivity contribution in [3.8, 4) is 0 Å². The molecule has 0 radical (unpaired) electrons. The van der Waals surface area contributed by atoms with Gasteiger partial charge in [-0.25, -0.2) is 4.79 Å². The zero-order valence-corrected chi connectivity index (χ0v) is 31.1. The molecule has 54 heavy (non-hydrogen) atoms. The van der Waals surface area contributed by atoms with Crippen molar-refractivity contribution in [3.05, 3.63) is 70.8 Å². The first-order chi connectivity index (χ1) is 26.0. The third-order valence-electron chi connectivity index (χ3n) is 14.1. The van der Waals surface area contributed by atoms with Gasteiger partial charge in [-0.1, -0.05) is 48.5 Å². The van der Waals surface area contributed by atoms with Gasteiger partial charge in [0.05, 0.1) is 11.8 Å². The van der Waals surface area contributed by atoms with Crippen LogP contribution in [0.15, 0.2) is 48.5 Å². The summed E-state index contributed by atoms with van der Waals surface area (Å²) < 4.78 is 31.7. The van der Waals surface area contributed by atoms with Crippen molar-refractivity contribution in [2.45, 2.75) is 139 Å². The Kier molecular flexibility index (Phi) is 10.8. The number of rotatable bonds is 10. The molecule has 6 atom stereocenters. The zero-order valence-electron chi connectivity index (χ0n) is 31.1. The molecule has 3 aliphatic carbocycles. The van der Waals surface area contributed by atoms with Crippen LogP contribution in [0.3, 0.4) is 0 Å². The molecule has 7 aliphatic rings. The Bertz CT molecular complexity index is 1510. The number of hydrogen-bond donors (Lipinski definition) is 3. The maximum absolute atomic E-state index is 13.1. The first-order valence-corrected chi connectivity index (χ1v) is 20.6. The predicted octanol–water partition coefficient (Wildman–Crippen LogP) is 8.17. The van der Waals surface area contributed by atoms with E-state index in [1.807, 2.05) is 0 Å². The fraction of sp³-hybridized carbons (Fsp3) is 0.651. The van der Waals surface area contributed by atoms with E-state index in [0.717, 1.165) is 43.9 Å². The quantitative estimate of drug-likeness (QED) is 0.227. The molecule has 5 fully saturated rings. The number of nitrogens with zero attached hydrogens (tertiary/aromatic N) is 2. The van der Waals surface area contributed by atoms with Gasteiger partial charge in [-0.15, -0.1) is 0 Å². The van der Waals surface area contributed by atoms with Gasteiger partial charge < -0.3 is 15.7 Å². The first-order valence-electron chi connectivity index (χ1n) is 20.6. The van der Waals surface area contributed by atoms with E-state index in [4.69, 9.17) is 9.90 Å². The van der Waals surface area contributed by atoms with Gasteiger partial charge in [-0.3, -0.25) is 19.4 Å². The third-order valence-corrected chi connectivity index (χ3v) is 14.1. The molecule has 4 aliphatic heterocycles. The van der Waals surface area contributed by atoms with E-state index >= 15 is 0 Å². The summed E-state index contributed by atoms with van der Waals surface area (Å²) in [5, 5.41) is 13.8. The molecule has 0 spiro atoms. The Morgan fingerprint density at radius 1 is 0.574 bits per heavy atom. The lowest BCUT2D eigenvalue weighted by atomic mass is 9.83. The molecule has 8 nitrogen and oxygen atoms in total. The number of fused-ring (bicyclic) bond motifs is 10. The third kappa shape index (κ3) is 7.81. The minimum absolute atomic E-state index is 0.115. The number of carbonyl (C=O) groups excluding carboxylic acids is 2. The molecule has 2 saturated heterocycles. The van der Waals surface area contributed by atoms with Gasteiger partial charge in [0.25, 0.3) is 0 Å². The average molecular weight is 749 g/mol. The van der Waals surface area contributed by atoms with E-state index in [1.54, 1.807) is 22.3 Å². The number of nitrogens with one attached hydrogen (secondary N) is 2. The fourth-order valence-electron chi connectivity index (χ4n) is 11.2. The van der Waals surface area contributed by atoms with Crippen molar-refractivity contribution >= 4 is 17.8 Å². The van der Waals surface area contributed by atoms with Gasteiger partial charge in [0.1, 0.15) is 0 Å². The van der Waals surface area contributed by atoms with Crippen molar-refractivity contribution in [2.75, 3.05) is 13.1 Å². The summed E-state index contributed by atoms with van der Waals surface area (Å²) in [5.74, 6) is -1.19. The van der Waals surface area contributed by atoms with E-state index in [-0.39, 0.29) is 35.7 Å². The van der Waals surface area contributed by atoms with E-state index in [2.05, 4.69) is 69.0 Å². The van der Waals surface area contributed by atoms with Crippen LogP contribution in [0.1, 0.15) is 143 Å². The van der Waals surface area contributed by atoms with E-state index < -0.39 is 12.1 Å². The maximum atomic E-state index is 13.1. The van der Waals surface area contributed by atoms with Crippen LogP contribution in [0.5, 0.6) is 0 Å². The molecule has 4 heterocycles. The number of carbonyl (C=O) groups is 3. The zero-order chi connectivity index (χ0) is 37.6. The highest BCUT2D eigenvalue weighted by molar-refractivity contribution is 5.92. The molecular formula is C43H55F3N4O4. The summed E-state index contributed by atoms with van der Waals surface area (Å²) >= 11 is 0. The molecule has 2 amide bonds. The molecule has 292 valence electrons. The smallest absolute Gasteiger partial charge is 0.475 e. The molecule has 2 aromatic carbocycles. The molecule has 3 N–H and O–H groups in total. The van der Waals surface area contributed by atoms with Gasteiger partial charge in [-0.05, 0) is 143 Å². The molecule has 3 saturated carbocycles. The van der Waals surface area contributed by atoms with Crippen LogP contribution in [0, 0.1) is 23.7 Å². The first kappa shape index (κ1) is 37.5. The lowest BCUT2D eigenvalue weighted by molar-refractivity contribution is -0.192. The SMILES string of the molecule is O=C(NC1CCC(CCN2[C@@H]3CC[C@H]2c2ccccc23)CC1)C1CC1C(=O)NC1CCC(CCN2[C@@H]3CC[C@H]2c2ccccc23)CC1.O=C(O)C(F)(F)F. The molecule has 11 heteroatoms. The number of amides is 2. The minimum Gasteiger partial charge on any atom is -0.475 e. The summed E-state index contributed by atoms with van der Waals surface area (Å²) in [5.41, 5.74) is 6.32. The van der Waals surface area contributed by atoms with Crippen LogP contribution >= 0.6 is 0 Å². The van der Waals surface area contributed by atoms with Crippen LogP contribution in [0.25, 0.3) is 0 Å². The van der Waals surface area contributed by atoms with Crippen molar-refractivity contribution < 1.29 is 32.7 Å². The predicted molar refractivity (Wildman–Crippen MR) is 198 cm³/mol. The monoisotopic (exact) mass is 748 g/mol. The second-order valence-electron chi connectivity index (χ2n) is 17.2. The molecule has 0 aromatic heterocycles. The van der Waals surface area contributed by atoms with Crippen molar-refractivity contribution in [1.82, 2.24) is 20.4 Å². The van der Waals surface area contributed by atoms with E-state index in [0.29, 0.717) is 24.2 Å². The molecule has 9 rings (SSSR count). The Labute approximate surface area is 316 Å². The summed E-state index contributed by atoms with van der Waals surface area (Å²) in [7, 11) is 0. The van der Waals surface area contributed by atoms with Crippen LogP contribution < -0.4 is 10.6 Å². The van der Waals surface area contributed by atoms with Crippen LogP contribution in [-0.4, -0.2) is 64.0 Å². The maximum Gasteiger partial charge on any atom is 0.490 e. The fourth-order valence-corrected chi connectivity index (χ4v) is 11.2. The summed E-state index contributed by atoms with van der Waals surface area (Å²) in [6, 6.07) is 21.3. The molecular weight excluding hydrogens is 693 g/mol. The Morgan fingerprint density at radius 3 is 1.19 bits per heavy atom. The second kappa shape index (κ2) is 15.6. The molecule has 2 aromatic rings. The molecule has 4 bridgehead atoms. The number of carboxylic acid groups (broad SMARTS) is 1. The Morgan fingerprint density at radius 2 is 0.889 bits per heavy atom. The number of carboxylic acids is 1. The average Bonchev–Trinajstić information content (AvgIpc) is 3.43. The summed E-state index contributed by atoms with van der Waals surface area (Å²) in [6.07, 6.45) is 12.7. The summed E-state index contributed by atoms with van der Waals surface area (Å²) in [4.78, 5) is 40.6. The minimum atomic E-state index is -5.08. The van der Waals surface area contributed by atoms with Crippen LogP contribution in [-0.2, 0) is 14.4 Å². The van der Waals surface area contributed by atoms with E-state index in [9.17, 15) is 22.8 Å². The lowest BCUT2D eigenvalue weighted by Gasteiger charge is -2.31. The second-order valence-corrected chi connectivity index (χ2v) is 17.2. The standard InChI is InChI=1S/C41H54N4O2.C2HF3O2/c46-40(42-28-13-9-26(10-14-28)21-23-44-36-17-18-37(44)31-6-2-1-5-30(31)36)34-25-35(34)41(47)43-29-15-11-27(12-16-29)22-24-45-38-19-20-39(45)33-8-4-3-7-32(33)38;3-2(4,5)1(6)7/h1-8,26-29,34-39H,9-25H2,(H,42,46)(H,43,47);(H,6,7)/t26?,27?,28?,29?,34?,35?,36-,37+,38-,39+;. The number of aliphatic carboxylic acids is 1. The normalized spacial score (nSPS) is 33.7.